The molecule has 0 saturated heterocycles. The molecule has 0 saturated carbocycles. The smallest absolute Gasteiger partial charge is 0.325 e. The third kappa shape index (κ3) is 6.95. The number of benzene rings is 2. The summed E-state index contributed by atoms with van der Waals surface area (Å²) in [7, 11) is 1.53. The van der Waals surface area contributed by atoms with Crippen molar-refractivity contribution in [1.29, 1.82) is 0 Å². The number of hydrogen-bond donors (Lipinski definition) is 2. The van der Waals surface area contributed by atoms with E-state index < -0.39 is 24.4 Å². The average molecular weight is 398 g/mol. The molecule has 7 heteroatoms. The molecule has 2 rings (SSSR count). The number of methoxy groups -OCH3 is 1. The third-order valence-corrected chi connectivity index (χ3v) is 4.49. The monoisotopic (exact) mass is 398 g/mol. The maximum absolute atomic E-state index is 12.0. The van der Waals surface area contributed by atoms with Crippen LogP contribution in [0.5, 0.6) is 5.75 Å². The van der Waals surface area contributed by atoms with Gasteiger partial charge in [-0.05, 0) is 54.3 Å². The van der Waals surface area contributed by atoms with E-state index in [2.05, 4.69) is 24.5 Å². The standard InChI is InChI=1S/C22H26N2O5/c1-4-15(2)16-5-9-18(10-6-16)24-20(25)14-29-21(26)13-23-22(27)17-7-11-19(28-3)12-8-17/h5-12,15H,4,13-14H2,1-3H3,(H,23,27)(H,24,25)/t15-/m0/s1. The Balaban J connectivity index is 1.72. The minimum Gasteiger partial charge on any atom is -0.497 e. The van der Waals surface area contributed by atoms with Gasteiger partial charge in [0.15, 0.2) is 6.61 Å². The molecule has 0 unspecified atom stereocenters. The largest absolute Gasteiger partial charge is 0.497 e. The summed E-state index contributed by atoms with van der Waals surface area (Å²) in [5.41, 5.74) is 2.22. The van der Waals surface area contributed by atoms with Crippen LogP contribution >= 0.6 is 0 Å². The Morgan fingerprint density at radius 2 is 1.66 bits per heavy atom. The van der Waals surface area contributed by atoms with Crippen LogP contribution in [0.1, 0.15) is 42.1 Å². The van der Waals surface area contributed by atoms with Crippen LogP contribution in [-0.2, 0) is 14.3 Å². The van der Waals surface area contributed by atoms with Gasteiger partial charge < -0.3 is 20.1 Å². The highest BCUT2D eigenvalue weighted by Crippen LogP contribution is 2.20. The molecule has 0 radical (unpaired) electrons. The number of carbonyl (C=O) groups excluding carboxylic acids is 3. The first-order valence-corrected chi connectivity index (χ1v) is 9.40. The van der Waals surface area contributed by atoms with Gasteiger partial charge in [-0.15, -0.1) is 0 Å². The lowest BCUT2D eigenvalue weighted by atomic mass is 9.99. The van der Waals surface area contributed by atoms with Crippen molar-refractivity contribution < 1.29 is 23.9 Å². The molecule has 1 atom stereocenters. The molecule has 29 heavy (non-hydrogen) atoms. The van der Waals surface area contributed by atoms with E-state index in [0.29, 0.717) is 22.9 Å². The summed E-state index contributed by atoms with van der Waals surface area (Å²) in [6, 6.07) is 14.0. The van der Waals surface area contributed by atoms with Crippen molar-refractivity contribution in [3.8, 4) is 5.75 Å². The molecule has 2 aromatic rings. The molecule has 2 N–H and O–H groups in total. The van der Waals surface area contributed by atoms with Crippen LogP contribution in [0.2, 0.25) is 0 Å². The van der Waals surface area contributed by atoms with E-state index >= 15 is 0 Å². The molecule has 0 spiro atoms. The quantitative estimate of drug-likeness (QED) is 0.633. The summed E-state index contributed by atoms with van der Waals surface area (Å²) in [4.78, 5) is 35.7. The van der Waals surface area contributed by atoms with Gasteiger partial charge in [0.2, 0.25) is 0 Å². The second-order valence-electron chi connectivity index (χ2n) is 6.55. The fourth-order valence-electron chi connectivity index (χ4n) is 2.52. The molecule has 0 fully saturated rings. The number of hydrogen-bond acceptors (Lipinski definition) is 5. The summed E-state index contributed by atoms with van der Waals surface area (Å²) in [6.45, 7) is 3.50. The third-order valence-electron chi connectivity index (χ3n) is 4.49. The van der Waals surface area contributed by atoms with E-state index in [9.17, 15) is 14.4 Å². The van der Waals surface area contributed by atoms with Crippen molar-refractivity contribution in [3.63, 3.8) is 0 Å². The van der Waals surface area contributed by atoms with Gasteiger partial charge in [-0.3, -0.25) is 14.4 Å². The average Bonchev–Trinajstić information content (AvgIpc) is 2.76. The Kier molecular flexibility index (Phi) is 8.21. The molecule has 2 aromatic carbocycles. The van der Waals surface area contributed by atoms with Gasteiger partial charge in [-0.1, -0.05) is 26.0 Å². The molecular weight excluding hydrogens is 372 g/mol. The van der Waals surface area contributed by atoms with Gasteiger partial charge in [0.05, 0.1) is 7.11 Å². The predicted molar refractivity (Wildman–Crippen MR) is 110 cm³/mol. The molecule has 0 bridgehead atoms. The zero-order valence-corrected chi connectivity index (χ0v) is 16.9. The zero-order chi connectivity index (χ0) is 21.2. The van der Waals surface area contributed by atoms with Crippen molar-refractivity contribution in [2.75, 3.05) is 25.6 Å². The van der Waals surface area contributed by atoms with E-state index in [0.717, 1.165) is 6.42 Å². The highest BCUT2D eigenvalue weighted by atomic mass is 16.5. The van der Waals surface area contributed by atoms with Crippen molar-refractivity contribution >= 4 is 23.5 Å². The van der Waals surface area contributed by atoms with Crippen LogP contribution in [0.15, 0.2) is 48.5 Å². The lowest BCUT2D eigenvalue weighted by Gasteiger charge is -2.11. The molecule has 0 aliphatic rings. The lowest BCUT2D eigenvalue weighted by molar-refractivity contribution is -0.146. The van der Waals surface area contributed by atoms with E-state index in [4.69, 9.17) is 9.47 Å². The summed E-state index contributed by atoms with van der Waals surface area (Å²) >= 11 is 0. The topological polar surface area (TPSA) is 93.7 Å². The maximum atomic E-state index is 12.0. The Hall–Kier alpha value is -3.35. The van der Waals surface area contributed by atoms with E-state index in [1.54, 1.807) is 24.3 Å². The van der Waals surface area contributed by atoms with Crippen molar-refractivity contribution in [2.24, 2.45) is 0 Å². The molecule has 0 aliphatic carbocycles. The first kappa shape index (κ1) is 21.9. The second kappa shape index (κ2) is 10.8. The Labute approximate surface area is 170 Å². The van der Waals surface area contributed by atoms with Gasteiger partial charge >= 0.3 is 5.97 Å². The molecule has 154 valence electrons. The molecular formula is C22H26N2O5. The van der Waals surface area contributed by atoms with E-state index in [1.165, 1.54) is 12.7 Å². The van der Waals surface area contributed by atoms with Crippen LogP contribution in [0.25, 0.3) is 0 Å². The highest BCUT2D eigenvalue weighted by molar-refractivity contribution is 5.96. The van der Waals surface area contributed by atoms with Gasteiger partial charge in [-0.2, -0.15) is 0 Å². The van der Waals surface area contributed by atoms with E-state index in [-0.39, 0.29) is 6.54 Å². The number of ether oxygens (including phenoxy) is 2. The predicted octanol–water partition coefficient (Wildman–Crippen LogP) is 3.12. The number of anilines is 1. The number of amides is 2. The molecule has 7 nitrogen and oxygen atoms in total. The summed E-state index contributed by atoms with van der Waals surface area (Å²) in [6.07, 6.45) is 1.04. The van der Waals surface area contributed by atoms with Gasteiger partial charge in [0, 0.05) is 11.3 Å². The van der Waals surface area contributed by atoms with Crippen molar-refractivity contribution in [2.45, 2.75) is 26.2 Å². The summed E-state index contributed by atoms with van der Waals surface area (Å²) in [5, 5.41) is 5.11. The Morgan fingerprint density at radius 3 is 2.24 bits per heavy atom. The molecule has 0 heterocycles. The lowest BCUT2D eigenvalue weighted by Crippen LogP contribution is -2.32. The summed E-state index contributed by atoms with van der Waals surface area (Å²) < 4.78 is 9.91. The summed E-state index contributed by atoms with van der Waals surface area (Å²) in [5.74, 6) is -0.490. The number of nitrogens with one attached hydrogen (secondary N) is 2. The Morgan fingerprint density at radius 1 is 1.00 bits per heavy atom. The minimum absolute atomic E-state index is 0.332. The van der Waals surface area contributed by atoms with Gasteiger partial charge in [-0.25, -0.2) is 0 Å². The van der Waals surface area contributed by atoms with Crippen molar-refractivity contribution in [3.05, 3.63) is 59.7 Å². The van der Waals surface area contributed by atoms with Crippen LogP contribution in [0.4, 0.5) is 5.69 Å². The van der Waals surface area contributed by atoms with E-state index in [1.807, 2.05) is 24.3 Å². The van der Waals surface area contributed by atoms with Gasteiger partial charge in [0.25, 0.3) is 11.8 Å². The van der Waals surface area contributed by atoms with Crippen LogP contribution in [0.3, 0.4) is 0 Å². The molecule has 2 amide bonds. The fraction of sp³-hybridized carbons (Fsp3) is 0.318. The first-order valence-electron chi connectivity index (χ1n) is 9.40. The maximum Gasteiger partial charge on any atom is 0.325 e. The van der Waals surface area contributed by atoms with Gasteiger partial charge in [0.1, 0.15) is 12.3 Å². The van der Waals surface area contributed by atoms with Crippen LogP contribution < -0.4 is 15.4 Å². The highest BCUT2D eigenvalue weighted by Gasteiger charge is 2.11. The Bertz CT molecular complexity index is 831. The van der Waals surface area contributed by atoms with Crippen LogP contribution in [0, 0.1) is 0 Å². The zero-order valence-electron chi connectivity index (χ0n) is 16.9. The minimum atomic E-state index is -0.700. The normalized spacial score (nSPS) is 11.3. The number of rotatable bonds is 9. The fourth-order valence-corrected chi connectivity index (χ4v) is 2.52. The van der Waals surface area contributed by atoms with Crippen LogP contribution in [-0.4, -0.2) is 38.0 Å². The molecule has 0 aliphatic heterocycles. The SMILES string of the molecule is CC[C@H](C)c1ccc(NC(=O)COC(=O)CNC(=O)c2ccc(OC)cc2)cc1. The second-order valence-corrected chi connectivity index (χ2v) is 6.55. The molecule has 0 aromatic heterocycles. The first-order chi connectivity index (χ1) is 13.9. The van der Waals surface area contributed by atoms with Crippen molar-refractivity contribution in [1.82, 2.24) is 5.32 Å². The number of carbonyl (C=O) groups is 3. The number of esters is 1.